The molecule has 0 atom stereocenters. The van der Waals surface area contributed by atoms with Gasteiger partial charge in [0.25, 0.3) is 0 Å². The highest BCUT2D eigenvalue weighted by Crippen LogP contribution is 2.42. The van der Waals surface area contributed by atoms with E-state index in [1.165, 1.54) is 54.2 Å². The zero-order chi connectivity index (χ0) is 44.7. The standard InChI is InChI=1S/C63H38N4O/c1-4-15-39(16-5-1)61-64-62(40-17-6-2-7-18-40)66-63(65-61)51-25-14-26-59-60(51)55-38-44(30-34-58(55)68-59)43-29-33-57-54(37-43)53-36-42(28-32-56(53)67(57)45-19-8-3-9-20-45)41-27-31-50-48-23-11-10-21-46(48)47-22-12-13-24-49(47)52(50)35-41/h1-38H. The molecule has 316 valence electrons. The van der Waals surface area contributed by atoms with E-state index in [0.29, 0.717) is 17.5 Å². The lowest BCUT2D eigenvalue weighted by Crippen LogP contribution is -2.00. The molecule has 0 aliphatic rings. The van der Waals surface area contributed by atoms with Gasteiger partial charge in [0.1, 0.15) is 11.2 Å². The van der Waals surface area contributed by atoms with Crippen LogP contribution in [0.3, 0.4) is 0 Å². The number of benzene rings is 11. The zero-order valence-electron chi connectivity index (χ0n) is 36.6. The molecule has 0 amide bonds. The van der Waals surface area contributed by atoms with Crippen LogP contribution in [0.2, 0.25) is 0 Å². The smallest absolute Gasteiger partial charge is 0.164 e. The lowest BCUT2D eigenvalue weighted by atomic mass is 9.92. The van der Waals surface area contributed by atoms with Gasteiger partial charge < -0.3 is 8.98 Å². The van der Waals surface area contributed by atoms with Crippen LogP contribution in [0.5, 0.6) is 0 Å². The Hall–Kier alpha value is -9.19. The van der Waals surface area contributed by atoms with Gasteiger partial charge >= 0.3 is 0 Å². The summed E-state index contributed by atoms with van der Waals surface area (Å²) in [6.07, 6.45) is 0. The first-order valence-electron chi connectivity index (χ1n) is 23.0. The van der Waals surface area contributed by atoms with E-state index in [4.69, 9.17) is 19.4 Å². The summed E-state index contributed by atoms with van der Waals surface area (Å²) in [5, 5.41) is 12.0. The molecular formula is C63H38N4O. The highest BCUT2D eigenvalue weighted by Gasteiger charge is 2.20. The Balaban J connectivity index is 0.942. The van der Waals surface area contributed by atoms with Crippen molar-refractivity contribution in [2.75, 3.05) is 0 Å². The molecule has 3 aromatic heterocycles. The van der Waals surface area contributed by atoms with Crippen molar-refractivity contribution in [1.82, 2.24) is 19.5 Å². The molecule has 0 unspecified atom stereocenters. The Morgan fingerprint density at radius 1 is 0.279 bits per heavy atom. The van der Waals surface area contributed by atoms with E-state index in [9.17, 15) is 0 Å². The van der Waals surface area contributed by atoms with Crippen molar-refractivity contribution >= 4 is 76.1 Å². The van der Waals surface area contributed by atoms with Gasteiger partial charge in [-0.1, -0.05) is 170 Å². The molecule has 0 saturated carbocycles. The second-order valence-electron chi connectivity index (χ2n) is 17.5. The average Bonchev–Trinajstić information content (AvgIpc) is 3.96. The number of hydrogen-bond acceptors (Lipinski definition) is 4. The fraction of sp³-hybridized carbons (Fsp3) is 0. The van der Waals surface area contributed by atoms with Crippen molar-refractivity contribution in [1.29, 1.82) is 0 Å². The van der Waals surface area contributed by atoms with Gasteiger partial charge in [0, 0.05) is 43.9 Å². The molecule has 0 aliphatic carbocycles. The molecule has 14 aromatic rings. The van der Waals surface area contributed by atoms with E-state index in [-0.39, 0.29) is 0 Å². The van der Waals surface area contributed by atoms with Crippen molar-refractivity contribution in [3.63, 3.8) is 0 Å². The number of rotatable bonds is 6. The summed E-state index contributed by atoms with van der Waals surface area (Å²) in [4.78, 5) is 15.2. The first kappa shape index (κ1) is 38.1. The summed E-state index contributed by atoms with van der Waals surface area (Å²) in [5.41, 5.74) is 12.3. The predicted octanol–water partition coefficient (Wildman–Crippen LogP) is 16.7. The summed E-state index contributed by atoms with van der Waals surface area (Å²) in [5.74, 6) is 1.83. The quantitative estimate of drug-likeness (QED) is 0.156. The highest BCUT2D eigenvalue weighted by molar-refractivity contribution is 6.26. The van der Waals surface area contributed by atoms with Gasteiger partial charge in [-0.15, -0.1) is 0 Å². The van der Waals surface area contributed by atoms with Crippen molar-refractivity contribution in [2.45, 2.75) is 0 Å². The third kappa shape index (κ3) is 6.06. The van der Waals surface area contributed by atoms with Gasteiger partial charge in [0.05, 0.1) is 11.0 Å². The third-order valence-corrected chi connectivity index (χ3v) is 13.6. The molecule has 5 heteroatoms. The Bertz CT molecular complexity index is 4210. The normalized spacial score (nSPS) is 11.8. The Morgan fingerprint density at radius 3 is 1.29 bits per heavy atom. The van der Waals surface area contributed by atoms with Gasteiger partial charge in [0.15, 0.2) is 17.5 Å². The second-order valence-corrected chi connectivity index (χ2v) is 17.5. The lowest BCUT2D eigenvalue weighted by Gasteiger charge is -2.12. The molecule has 0 fully saturated rings. The molecule has 14 rings (SSSR count). The highest BCUT2D eigenvalue weighted by atomic mass is 16.3. The largest absolute Gasteiger partial charge is 0.456 e. The predicted molar refractivity (Wildman–Crippen MR) is 281 cm³/mol. The fourth-order valence-electron chi connectivity index (χ4n) is 10.4. The fourth-order valence-corrected chi connectivity index (χ4v) is 10.4. The van der Waals surface area contributed by atoms with Crippen LogP contribution >= 0.6 is 0 Å². The van der Waals surface area contributed by atoms with E-state index >= 15 is 0 Å². The molecule has 3 heterocycles. The third-order valence-electron chi connectivity index (χ3n) is 13.6. The van der Waals surface area contributed by atoms with Crippen LogP contribution in [-0.4, -0.2) is 19.5 Å². The van der Waals surface area contributed by atoms with Crippen LogP contribution < -0.4 is 0 Å². The van der Waals surface area contributed by atoms with E-state index in [2.05, 4.69) is 162 Å². The van der Waals surface area contributed by atoms with Gasteiger partial charge in [0.2, 0.25) is 0 Å². The molecule has 0 radical (unpaired) electrons. The molecule has 0 aliphatic heterocycles. The second kappa shape index (κ2) is 15.2. The van der Waals surface area contributed by atoms with Crippen molar-refractivity contribution in [3.05, 3.63) is 231 Å². The number of nitrogens with zero attached hydrogens (tertiary/aromatic N) is 4. The SMILES string of the molecule is c1ccc(-c2nc(-c3ccccc3)nc(-c3cccc4oc5ccc(-c6ccc7c(c6)c6cc(-c8ccc9c%10ccccc%10c%10ccccc%10c9c8)ccc6n7-c6ccccc6)cc5c34)n2)cc1. The van der Waals surface area contributed by atoms with Crippen LogP contribution in [0.4, 0.5) is 0 Å². The molecule has 5 nitrogen and oxygen atoms in total. The van der Waals surface area contributed by atoms with Crippen LogP contribution in [0.15, 0.2) is 235 Å². The summed E-state index contributed by atoms with van der Waals surface area (Å²) >= 11 is 0. The summed E-state index contributed by atoms with van der Waals surface area (Å²) < 4.78 is 8.96. The molecule has 68 heavy (non-hydrogen) atoms. The van der Waals surface area contributed by atoms with E-state index in [1.807, 2.05) is 72.8 Å². The maximum Gasteiger partial charge on any atom is 0.164 e. The Kier molecular flexibility index (Phi) is 8.52. The minimum atomic E-state index is 0.593. The van der Waals surface area contributed by atoms with Gasteiger partial charge in [-0.25, -0.2) is 15.0 Å². The van der Waals surface area contributed by atoms with E-state index in [0.717, 1.165) is 66.5 Å². The first-order valence-corrected chi connectivity index (χ1v) is 23.0. The van der Waals surface area contributed by atoms with E-state index in [1.54, 1.807) is 0 Å². The summed E-state index contributed by atoms with van der Waals surface area (Å²) in [7, 11) is 0. The summed E-state index contributed by atoms with van der Waals surface area (Å²) in [6, 6.07) is 81.9. The maximum atomic E-state index is 6.57. The van der Waals surface area contributed by atoms with E-state index < -0.39 is 0 Å². The maximum absolute atomic E-state index is 6.57. The zero-order valence-corrected chi connectivity index (χ0v) is 36.6. The van der Waals surface area contributed by atoms with Gasteiger partial charge in [-0.3, -0.25) is 0 Å². The summed E-state index contributed by atoms with van der Waals surface area (Å²) in [6.45, 7) is 0. The average molecular weight is 867 g/mol. The molecular weight excluding hydrogens is 829 g/mol. The number of hydrogen-bond donors (Lipinski definition) is 0. The minimum Gasteiger partial charge on any atom is -0.456 e. The van der Waals surface area contributed by atoms with Crippen LogP contribution in [0.1, 0.15) is 0 Å². The molecule has 0 bridgehead atoms. The number of furan rings is 1. The topological polar surface area (TPSA) is 56.7 Å². The number of aromatic nitrogens is 4. The van der Waals surface area contributed by atoms with Crippen LogP contribution in [0, 0.1) is 0 Å². The molecule has 0 N–H and O–H groups in total. The van der Waals surface area contributed by atoms with Crippen LogP contribution in [-0.2, 0) is 0 Å². The van der Waals surface area contributed by atoms with Gasteiger partial charge in [-0.2, -0.15) is 0 Å². The first-order chi connectivity index (χ1) is 33.7. The van der Waals surface area contributed by atoms with Crippen molar-refractivity contribution in [3.8, 4) is 62.1 Å². The van der Waals surface area contributed by atoms with Crippen molar-refractivity contribution in [2.24, 2.45) is 0 Å². The lowest BCUT2D eigenvalue weighted by molar-refractivity contribution is 0.669. The number of fused-ring (bicyclic) bond motifs is 12. The minimum absolute atomic E-state index is 0.593. The number of para-hydroxylation sites is 1. The Morgan fingerprint density at radius 2 is 0.721 bits per heavy atom. The molecule has 11 aromatic carbocycles. The molecule has 0 spiro atoms. The Labute approximate surface area is 390 Å². The van der Waals surface area contributed by atoms with Crippen LogP contribution in [0.25, 0.3) is 138 Å². The monoisotopic (exact) mass is 866 g/mol. The molecule has 0 saturated heterocycles. The van der Waals surface area contributed by atoms with Gasteiger partial charge in [-0.05, 0) is 115 Å². The van der Waals surface area contributed by atoms with Crippen molar-refractivity contribution < 1.29 is 4.42 Å².